The summed E-state index contributed by atoms with van der Waals surface area (Å²) in [7, 11) is 0. The van der Waals surface area contributed by atoms with Crippen LogP contribution in [0.5, 0.6) is 0 Å². The quantitative estimate of drug-likeness (QED) is 0.864. The second kappa shape index (κ2) is 5.95. The molecule has 2 aromatic rings. The molecule has 19 heavy (non-hydrogen) atoms. The van der Waals surface area contributed by atoms with E-state index >= 15 is 0 Å². The molecule has 1 aromatic heterocycles. The molecular weight excluding hydrogens is 236 g/mol. The zero-order valence-corrected chi connectivity index (χ0v) is 11.4. The van der Waals surface area contributed by atoms with Gasteiger partial charge in [-0.3, -0.25) is 4.98 Å². The van der Waals surface area contributed by atoms with Crippen LogP contribution < -0.4 is 5.32 Å². The standard InChI is InChI=1S/C16H20N2O/c1-16(2,19)12-18-15(13-6-4-3-5-7-13)14-8-10-17-11-9-14/h3-11,15,18-19H,12H2,1-2H3. The average molecular weight is 256 g/mol. The minimum Gasteiger partial charge on any atom is -0.389 e. The van der Waals surface area contributed by atoms with E-state index in [1.165, 1.54) is 5.56 Å². The topological polar surface area (TPSA) is 45.1 Å². The molecule has 0 spiro atoms. The van der Waals surface area contributed by atoms with Crippen LogP contribution in [0, 0.1) is 0 Å². The van der Waals surface area contributed by atoms with Crippen LogP contribution in [0.2, 0.25) is 0 Å². The Labute approximate surface area is 114 Å². The molecule has 3 heteroatoms. The molecule has 1 atom stereocenters. The molecule has 0 aliphatic carbocycles. The predicted octanol–water partition coefficient (Wildman–Crippen LogP) is 2.53. The van der Waals surface area contributed by atoms with Crippen molar-refractivity contribution >= 4 is 0 Å². The molecular formula is C16H20N2O. The van der Waals surface area contributed by atoms with Crippen LogP contribution in [0.4, 0.5) is 0 Å². The van der Waals surface area contributed by atoms with Crippen molar-refractivity contribution in [3.63, 3.8) is 0 Å². The lowest BCUT2D eigenvalue weighted by Gasteiger charge is -2.25. The van der Waals surface area contributed by atoms with Gasteiger partial charge in [0.1, 0.15) is 0 Å². The normalized spacial score (nSPS) is 13.2. The highest BCUT2D eigenvalue weighted by Gasteiger charge is 2.18. The average Bonchev–Trinajstić information content (AvgIpc) is 2.40. The Morgan fingerprint density at radius 1 is 1.05 bits per heavy atom. The highest BCUT2D eigenvalue weighted by atomic mass is 16.3. The monoisotopic (exact) mass is 256 g/mol. The van der Waals surface area contributed by atoms with Crippen molar-refractivity contribution in [2.24, 2.45) is 0 Å². The van der Waals surface area contributed by atoms with Gasteiger partial charge >= 0.3 is 0 Å². The molecule has 100 valence electrons. The minimum absolute atomic E-state index is 0.0654. The number of hydrogen-bond donors (Lipinski definition) is 2. The van der Waals surface area contributed by atoms with E-state index in [0.717, 1.165) is 5.56 Å². The molecule has 0 amide bonds. The number of aromatic nitrogens is 1. The molecule has 0 aliphatic rings. The summed E-state index contributed by atoms with van der Waals surface area (Å²) in [6.45, 7) is 4.12. The SMILES string of the molecule is CC(C)(O)CNC(c1ccccc1)c1ccncc1. The maximum absolute atomic E-state index is 9.89. The third-order valence-corrected chi connectivity index (χ3v) is 2.91. The fraction of sp³-hybridized carbons (Fsp3) is 0.312. The highest BCUT2D eigenvalue weighted by molar-refractivity contribution is 5.30. The van der Waals surface area contributed by atoms with Crippen molar-refractivity contribution in [3.8, 4) is 0 Å². The van der Waals surface area contributed by atoms with E-state index in [4.69, 9.17) is 0 Å². The summed E-state index contributed by atoms with van der Waals surface area (Å²) in [5, 5.41) is 13.3. The van der Waals surface area contributed by atoms with E-state index in [9.17, 15) is 5.11 Å². The van der Waals surface area contributed by atoms with Gasteiger partial charge in [-0.05, 0) is 37.1 Å². The van der Waals surface area contributed by atoms with Gasteiger partial charge in [-0.2, -0.15) is 0 Å². The molecule has 0 radical (unpaired) electrons. The molecule has 0 saturated heterocycles. The summed E-state index contributed by atoms with van der Waals surface area (Å²) in [6, 6.07) is 14.3. The first kappa shape index (κ1) is 13.7. The van der Waals surface area contributed by atoms with Crippen LogP contribution in [0.3, 0.4) is 0 Å². The number of rotatable bonds is 5. The van der Waals surface area contributed by atoms with E-state index in [0.29, 0.717) is 6.54 Å². The van der Waals surface area contributed by atoms with E-state index < -0.39 is 5.60 Å². The maximum atomic E-state index is 9.89. The van der Waals surface area contributed by atoms with Gasteiger partial charge in [0.05, 0.1) is 11.6 Å². The summed E-state index contributed by atoms with van der Waals surface area (Å²) >= 11 is 0. The van der Waals surface area contributed by atoms with Crippen molar-refractivity contribution < 1.29 is 5.11 Å². The second-order valence-corrected chi connectivity index (χ2v) is 5.32. The van der Waals surface area contributed by atoms with Crippen LogP contribution >= 0.6 is 0 Å². The summed E-state index contributed by atoms with van der Waals surface area (Å²) < 4.78 is 0. The van der Waals surface area contributed by atoms with Crippen molar-refractivity contribution in [3.05, 3.63) is 66.0 Å². The minimum atomic E-state index is -0.736. The van der Waals surface area contributed by atoms with Gasteiger partial charge in [-0.15, -0.1) is 0 Å². The molecule has 0 bridgehead atoms. The van der Waals surface area contributed by atoms with E-state index in [1.807, 2.05) is 30.3 Å². The summed E-state index contributed by atoms with van der Waals surface area (Å²) in [4.78, 5) is 4.05. The molecule has 0 saturated carbocycles. The lowest BCUT2D eigenvalue weighted by atomic mass is 9.98. The first-order valence-electron chi connectivity index (χ1n) is 6.47. The number of hydrogen-bond acceptors (Lipinski definition) is 3. The number of nitrogens with one attached hydrogen (secondary N) is 1. The number of aliphatic hydroxyl groups is 1. The third-order valence-electron chi connectivity index (χ3n) is 2.91. The van der Waals surface area contributed by atoms with Gasteiger partial charge < -0.3 is 10.4 Å². The van der Waals surface area contributed by atoms with Gasteiger partial charge in [0.2, 0.25) is 0 Å². The summed E-state index contributed by atoms with van der Waals surface area (Å²) in [5.41, 5.74) is 1.59. The number of pyridine rings is 1. The molecule has 2 N–H and O–H groups in total. The van der Waals surface area contributed by atoms with E-state index in [2.05, 4.69) is 22.4 Å². The number of benzene rings is 1. The lowest BCUT2D eigenvalue weighted by molar-refractivity contribution is 0.0778. The molecule has 3 nitrogen and oxygen atoms in total. The molecule has 1 unspecified atom stereocenters. The molecule has 0 aliphatic heterocycles. The van der Waals surface area contributed by atoms with Crippen molar-refractivity contribution in [1.29, 1.82) is 0 Å². The Kier molecular flexibility index (Phi) is 4.30. The van der Waals surface area contributed by atoms with E-state index in [1.54, 1.807) is 26.2 Å². The van der Waals surface area contributed by atoms with Crippen molar-refractivity contribution in [1.82, 2.24) is 10.3 Å². The molecule has 0 fully saturated rings. The van der Waals surface area contributed by atoms with Crippen molar-refractivity contribution in [2.75, 3.05) is 6.54 Å². The van der Waals surface area contributed by atoms with Gasteiger partial charge in [-0.25, -0.2) is 0 Å². The first-order chi connectivity index (χ1) is 9.06. The summed E-state index contributed by atoms with van der Waals surface area (Å²) in [6.07, 6.45) is 3.58. The summed E-state index contributed by atoms with van der Waals surface area (Å²) in [5.74, 6) is 0. The Balaban J connectivity index is 2.24. The maximum Gasteiger partial charge on any atom is 0.0715 e. The first-order valence-corrected chi connectivity index (χ1v) is 6.47. The fourth-order valence-electron chi connectivity index (χ4n) is 1.98. The predicted molar refractivity (Wildman–Crippen MR) is 76.8 cm³/mol. The van der Waals surface area contributed by atoms with Crippen LogP contribution in [-0.4, -0.2) is 22.2 Å². The zero-order chi connectivity index (χ0) is 13.7. The van der Waals surface area contributed by atoms with Gasteiger partial charge in [0.25, 0.3) is 0 Å². The Morgan fingerprint density at radius 2 is 1.63 bits per heavy atom. The van der Waals surface area contributed by atoms with Crippen LogP contribution in [0.1, 0.15) is 31.0 Å². The van der Waals surface area contributed by atoms with Crippen LogP contribution in [0.25, 0.3) is 0 Å². The molecule has 2 rings (SSSR count). The Morgan fingerprint density at radius 3 is 2.21 bits per heavy atom. The Hall–Kier alpha value is -1.71. The fourth-order valence-corrected chi connectivity index (χ4v) is 1.98. The molecule has 1 heterocycles. The number of nitrogens with zero attached hydrogens (tertiary/aromatic N) is 1. The van der Waals surface area contributed by atoms with Gasteiger partial charge in [0.15, 0.2) is 0 Å². The van der Waals surface area contributed by atoms with Crippen LogP contribution in [-0.2, 0) is 0 Å². The zero-order valence-electron chi connectivity index (χ0n) is 11.4. The largest absolute Gasteiger partial charge is 0.389 e. The third kappa shape index (κ3) is 4.16. The smallest absolute Gasteiger partial charge is 0.0715 e. The van der Waals surface area contributed by atoms with Gasteiger partial charge in [-0.1, -0.05) is 30.3 Å². The van der Waals surface area contributed by atoms with Crippen LogP contribution in [0.15, 0.2) is 54.9 Å². The van der Waals surface area contributed by atoms with E-state index in [-0.39, 0.29) is 6.04 Å². The highest BCUT2D eigenvalue weighted by Crippen LogP contribution is 2.21. The second-order valence-electron chi connectivity index (χ2n) is 5.32. The molecule has 1 aromatic carbocycles. The van der Waals surface area contributed by atoms with Crippen molar-refractivity contribution in [2.45, 2.75) is 25.5 Å². The van der Waals surface area contributed by atoms with Gasteiger partial charge in [0, 0.05) is 18.9 Å². The Bertz CT molecular complexity index is 452. The lowest BCUT2D eigenvalue weighted by Crippen LogP contribution is -2.37.